The van der Waals surface area contributed by atoms with Gasteiger partial charge in [0.25, 0.3) is 5.91 Å². The van der Waals surface area contributed by atoms with Gasteiger partial charge < -0.3 is 29.7 Å². The summed E-state index contributed by atoms with van der Waals surface area (Å²) in [6.07, 6.45) is 2.06. The summed E-state index contributed by atoms with van der Waals surface area (Å²) in [7, 11) is 0. The molecule has 5 rings (SSSR count). The van der Waals surface area contributed by atoms with Crippen molar-refractivity contribution in [1.82, 2.24) is 20.0 Å². The van der Waals surface area contributed by atoms with E-state index in [2.05, 4.69) is 23.2 Å². The van der Waals surface area contributed by atoms with Crippen molar-refractivity contribution in [3.63, 3.8) is 0 Å². The van der Waals surface area contributed by atoms with Crippen LogP contribution in [-0.2, 0) is 24.3 Å². The maximum Gasteiger partial charge on any atom is 0.326 e. The number of nitrogens with one attached hydrogen (secondary N) is 1. The van der Waals surface area contributed by atoms with Crippen LogP contribution in [0.4, 0.5) is 4.79 Å². The number of carbonyl (C=O) groups excluding carboxylic acids is 2. The first-order valence-electron chi connectivity index (χ1n) is 15.2. The van der Waals surface area contributed by atoms with Gasteiger partial charge in [-0.1, -0.05) is 61.9 Å². The molecule has 3 aromatic carbocycles. The average Bonchev–Trinajstić information content (AvgIpc) is 3.51. The Morgan fingerprint density at radius 1 is 0.886 bits per heavy atom. The SMILES string of the molecule is CCCCN(Cc1ccc(C(=O)N[C@@H](Cc2ccccc2)C(=O)O)cc1)C(=O)N1CCN(Cc2ccc3c(c2)OCO3)CC1. The molecule has 3 amide bonds. The number of aliphatic carboxylic acids is 1. The molecule has 0 aromatic heterocycles. The molecule has 0 radical (unpaired) electrons. The Morgan fingerprint density at radius 2 is 1.59 bits per heavy atom. The first-order chi connectivity index (χ1) is 21.4. The lowest BCUT2D eigenvalue weighted by atomic mass is 10.1. The van der Waals surface area contributed by atoms with Crippen LogP contribution in [0.2, 0.25) is 0 Å². The molecule has 3 aromatic rings. The van der Waals surface area contributed by atoms with Crippen molar-refractivity contribution in [3.8, 4) is 11.5 Å². The van der Waals surface area contributed by atoms with E-state index in [0.29, 0.717) is 31.7 Å². The molecule has 1 saturated heterocycles. The average molecular weight is 601 g/mol. The van der Waals surface area contributed by atoms with E-state index < -0.39 is 17.9 Å². The summed E-state index contributed by atoms with van der Waals surface area (Å²) in [5.74, 6) is 0.0269. The minimum absolute atomic E-state index is 0.0215. The number of carboxylic acids is 1. The quantitative estimate of drug-likeness (QED) is 0.317. The molecule has 0 unspecified atom stereocenters. The minimum atomic E-state index is -1.09. The van der Waals surface area contributed by atoms with Gasteiger partial charge in [0.1, 0.15) is 6.04 Å². The fraction of sp³-hybridized carbons (Fsp3) is 0.382. The number of carbonyl (C=O) groups is 3. The number of hydrogen-bond acceptors (Lipinski definition) is 6. The van der Waals surface area contributed by atoms with E-state index in [9.17, 15) is 19.5 Å². The van der Waals surface area contributed by atoms with Gasteiger partial charge in [-0.15, -0.1) is 0 Å². The number of fused-ring (bicyclic) bond motifs is 1. The minimum Gasteiger partial charge on any atom is -0.480 e. The molecule has 0 spiro atoms. The van der Waals surface area contributed by atoms with Gasteiger partial charge in [-0.3, -0.25) is 9.69 Å². The number of amides is 3. The number of benzene rings is 3. The third-order valence-corrected chi connectivity index (χ3v) is 8.01. The third kappa shape index (κ3) is 8.08. The molecule has 2 aliphatic heterocycles. The number of hydrogen-bond donors (Lipinski definition) is 2. The lowest BCUT2D eigenvalue weighted by molar-refractivity contribution is -0.139. The molecular formula is C34H40N4O6. The van der Waals surface area contributed by atoms with Crippen LogP contribution in [0.5, 0.6) is 11.5 Å². The first kappa shape index (κ1) is 30.9. The molecule has 2 aliphatic rings. The van der Waals surface area contributed by atoms with Gasteiger partial charge in [0.15, 0.2) is 11.5 Å². The maximum absolute atomic E-state index is 13.6. The van der Waals surface area contributed by atoms with Gasteiger partial charge >= 0.3 is 12.0 Å². The summed E-state index contributed by atoms with van der Waals surface area (Å²) in [6, 6.07) is 21.3. The van der Waals surface area contributed by atoms with E-state index in [1.807, 2.05) is 64.4 Å². The molecule has 1 fully saturated rings. The van der Waals surface area contributed by atoms with Crippen LogP contribution in [0.15, 0.2) is 72.8 Å². The smallest absolute Gasteiger partial charge is 0.326 e. The number of piperazine rings is 1. The molecule has 0 bridgehead atoms. The topological polar surface area (TPSA) is 112 Å². The molecule has 2 N–H and O–H groups in total. The molecule has 232 valence electrons. The van der Waals surface area contributed by atoms with Crippen molar-refractivity contribution in [2.75, 3.05) is 39.5 Å². The number of ether oxygens (including phenoxy) is 2. The molecule has 0 saturated carbocycles. The Hall–Kier alpha value is -4.57. The summed E-state index contributed by atoms with van der Waals surface area (Å²) in [6.45, 7) is 7.11. The van der Waals surface area contributed by atoms with E-state index in [-0.39, 0.29) is 19.2 Å². The first-order valence-corrected chi connectivity index (χ1v) is 15.2. The zero-order valence-electron chi connectivity index (χ0n) is 25.1. The maximum atomic E-state index is 13.6. The number of unbranched alkanes of at least 4 members (excludes halogenated alkanes) is 1. The Morgan fingerprint density at radius 3 is 2.30 bits per heavy atom. The van der Waals surface area contributed by atoms with Crippen LogP contribution in [0, 0.1) is 0 Å². The van der Waals surface area contributed by atoms with Crippen LogP contribution >= 0.6 is 0 Å². The molecule has 10 nitrogen and oxygen atoms in total. The fourth-order valence-electron chi connectivity index (χ4n) is 5.46. The number of carboxylic acid groups (broad SMARTS) is 1. The predicted octanol–water partition coefficient (Wildman–Crippen LogP) is 4.38. The Labute approximate surface area is 258 Å². The summed E-state index contributed by atoms with van der Waals surface area (Å²) >= 11 is 0. The molecule has 2 heterocycles. The van der Waals surface area contributed by atoms with E-state index in [1.165, 1.54) is 0 Å². The van der Waals surface area contributed by atoms with Gasteiger partial charge in [-0.2, -0.15) is 0 Å². The van der Waals surface area contributed by atoms with Gasteiger partial charge in [0.2, 0.25) is 6.79 Å². The van der Waals surface area contributed by atoms with Crippen molar-refractivity contribution >= 4 is 17.9 Å². The molecule has 1 atom stereocenters. The van der Waals surface area contributed by atoms with Gasteiger partial charge in [-0.25, -0.2) is 9.59 Å². The zero-order chi connectivity index (χ0) is 30.9. The fourth-order valence-corrected chi connectivity index (χ4v) is 5.46. The molecule has 44 heavy (non-hydrogen) atoms. The van der Waals surface area contributed by atoms with Gasteiger partial charge in [0, 0.05) is 57.8 Å². The van der Waals surface area contributed by atoms with E-state index in [1.54, 1.807) is 12.1 Å². The highest BCUT2D eigenvalue weighted by Crippen LogP contribution is 2.33. The van der Waals surface area contributed by atoms with Crippen LogP contribution < -0.4 is 14.8 Å². The summed E-state index contributed by atoms with van der Waals surface area (Å²) < 4.78 is 10.9. The lowest BCUT2D eigenvalue weighted by Gasteiger charge is -2.37. The highest BCUT2D eigenvalue weighted by atomic mass is 16.7. The second-order valence-electron chi connectivity index (χ2n) is 11.3. The summed E-state index contributed by atoms with van der Waals surface area (Å²) in [4.78, 5) is 44.4. The van der Waals surface area contributed by atoms with Crippen LogP contribution in [0.3, 0.4) is 0 Å². The zero-order valence-corrected chi connectivity index (χ0v) is 25.1. The summed E-state index contributed by atoms with van der Waals surface area (Å²) in [5.41, 5.74) is 3.27. The number of rotatable bonds is 12. The van der Waals surface area contributed by atoms with E-state index in [4.69, 9.17) is 9.47 Å². The molecular weight excluding hydrogens is 560 g/mol. The number of nitrogens with zero attached hydrogens (tertiary/aromatic N) is 3. The Bertz CT molecular complexity index is 1420. The lowest BCUT2D eigenvalue weighted by Crippen LogP contribution is -2.52. The van der Waals surface area contributed by atoms with Crippen molar-refractivity contribution < 1.29 is 29.0 Å². The monoisotopic (exact) mass is 600 g/mol. The van der Waals surface area contributed by atoms with Crippen molar-refractivity contribution in [1.29, 1.82) is 0 Å². The second kappa shape index (κ2) is 14.7. The van der Waals surface area contributed by atoms with Gasteiger partial charge in [-0.05, 0) is 47.4 Å². The summed E-state index contributed by atoms with van der Waals surface area (Å²) in [5, 5.41) is 12.3. The normalized spacial score (nSPS) is 15.1. The van der Waals surface area contributed by atoms with Crippen LogP contribution in [0.1, 0.15) is 46.8 Å². The second-order valence-corrected chi connectivity index (χ2v) is 11.3. The molecule has 0 aliphatic carbocycles. The van der Waals surface area contributed by atoms with Crippen molar-refractivity contribution in [2.45, 2.75) is 45.3 Å². The standard InChI is InChI=1S/C34H40N4O6/c1-2-3-15-38(34(42)37-18-16-36(17-19-37)22-27-11-14-30-31(21-27)44-24-43-30)23-26-9-12-28(13-10-26)32(39)35-29(33(40)41)20-25-7-5-4-6-8-25/h4-14,21,29H,2-3,15-20,22-24H2,1H3,(H,35,39)(H,40,41)/t29-/m0/s1. The van der Waals surface area contributed by atoms with Crippen LogP contribution in [-0.4, -0.2) is 83.3 Å². The molecule has 10 heteroatoms. The van der Waals surface area contributed by atoms with E-state index >= 15 is 0 Å². The number of urea groups is 1. The van der Waals surface area contributed by atoms with Crippen molar-refractivity contribution in [3.05, 3.63) is 95.1 Å². The largest absolute Gasteiger partial charge is 0.480 e. The van der Waals surface area contributed by atoms with Gasteiger partial charge in [0.05, 0.1) is 0 Å². The Balaban J connectivity index is 1.14. The highest BCUT2D eigenvalue weighted by molar-refractivity contribution is 5.96. The van der Waals surface area contributed by atoms with Crippen LogP contribution in [0.25, 0.3) is 0 Å². The van der Waals surface area contributed by atoms with E-state index in [0.717, 1.165) is 60.7 Å². The predicted molar refractivity (Wildman–Crippen MR) is 166 cm³/mol. The highest BCUT2D eigenvalue weighted by Gasteiger charge is 2.26. The third-order valence-electron chi connectivity index (χ3n) is 8.01. The van der Waals surface area contributed by atoms with Crippen molar-refractivity contribution in [2.24, 2.45) is 0 Å². The Kier molecular flexibility index (Phi) is 10.3.